The summed E-state index contributed by atoms with van der Waals surface area (Å²) in [5.74, 6) is 2.36. The molecule has 3 heteroatoms. The molecular formula is C16H29NOS. The SMILES string of the molecule is OCC1(NC2CC2)CCCC(SCC2CCCC2)C1. The van der Waals surface area contributed by atoms with Crippen molar-refractivity contribution in [3.8, 4) is 0 Å². The zero-order valence-corrected chi connectivity index (χ0v) is 12.9. The fourth-order valence-electron chi connectivity index (χ4n) is 3.88. The zero-order valence-electron chi connectivity index (χ0n) is 12.1. The quantitative estimate of drug-likeness (QED) is 0.784. The lowest BCUT2D eigenvalue weighted by Crippen LogP contribution is -2.53. The molecule has 0 aromatic carbocycles. The molecule has 0 saturated heterocycles. The van der Waals surface area contributed by atoms with Crippen LogP contribution in [-0.4, -0.2) is 34.3 Å². The average Bonchev–Trinajstić information content (AvgIpc) is 3.08. The van der Waals surface area contributed by atoms with Crippen molar-refractivity contribution in [1.82, 2.24) is 5.32 Å². The van der Waals surface area contributed by atoms with Crippen LogP contribution in [0.2, 0.25) is 0 Å². The molecule has 0 radical (unpaired) electrons. The Bertz CT molecular complexity index is 288. The molecule has 2 atom stereocenters. The van der Waals surface area contributed by atoms with Crippen LogP contribution in [0.5, 0.6) is 0 Å². The molecule has 0 amide bonds. The average molecular weight is 283 g/mol. The van der Waals surface area contributed by atoms with Gasteiger partial charge in [-0.25, -0.2) is 0 Å². The zero-order chi connectivity index (χ0) is 13.1. The Labute approximate surface area is 122 Å². The third kappa shape index (κ3) is 3.89. The van der Waals surface area contributed by atoms with Crippen molar-refractivity contribution in [3.05, 3.63) is 0 Å². The third-order valence-electron chi connectivity index (χ3n) is 5.23. The van der Waals surface area contributed by atoms with Gasteiger partial charge in [-0.1, -0.05) is 19.3 Å². The normalized spacial score (nSPS) is 36.8. The second kappa shape index (κ2) is 6.36. The lowest BCUT2D eigenvalue weighted by molar-refractivity contribution is 0.122. The topological polar surface area (TPSA) is 32.3 Å². The van der Waals surface area contributed by atoms with Gasteiger partial charge in [0.1, 0.15) is 0 Å². The van der Waals surface area contributed by atoms with Crippen LogP contribution in [0.3, 0.4) is 0 Å². The summed E-state index contributed by atoms with van der Waals surface area (Å²) >= 11 is 2.21. The van der Waals surface area contributed by atoms with Crippen LogP contribution < -0.4 is 5.32 Å². The molecule has 2 nitrogen and oxygen atoms in total. The Hall–Kier alpha value is 0.270. The molecule has 3 fully saturated rings. The van der Waals surface area contributed by atoms with Gasteiger partial charge in [0.05, 0.1) is 6.61 Å². The number of nitrogens with one attached hydrogen (secondary N) is 1. The van der Waals surface area contributed by atoms with E-state index in [-0.39, 0.29) is 5.54 Å². The van der Waals surface area contributed by atoms with Crippen LogP contribution in [0, 0.1) is 5.92 Å². The van der Waals surface area contributed by atoms with Crippen LogP contribution in [0.25, 0.3) is 0 Å². The van der Waals surface area contributed by atoms with E-state index in [1.165, 1.54) is 70.0 Å². The predicted molar refractivity (Wildman–Crippen MR) is 82.6 cm³/mol. The summed E-state index contributed by atoms with van der Waals surface area (Å²) in [7, 11) is 0. The lowest BCUT2D eigenvalue weighted by atomic mass is 9.82. The number of hydrogen-bond donors (Lipinski definition) is 2. The summed E-state index contributed by atoms with van der Waals surface area (Å²) in [6, 6.07) is 0.714. The molecule has 0 aromatic heterocycles. The molecule has 3 aliphatic carbocycles. The van der Waals surface area contributed by atoms with Crippen LogP contribution in [0.4, 0.5) is 0 Å². The Morgan fingerprint density at radius 2 is 1.84 bits per heavy atom. The largest absolute Gasteiger partial charge is 0.394 e. The first-order chi connectivity index (χ1) is 9.30. The molecule has 3 aliphatic rings. The maximum Gasteiger partial charge on any atom is 0.0613 e. The first-order valence-corrected chi connectivity index (χ1v) is 9.35. The minimum absolute atomic E-state index is 0.0623. The van der Waals surface area contributed by atoms with Gasteiger partial charge in [0.15, 0.2) is 0 Å². The van der Waals surface area contributed by atoms with Crippen LogP contribution in [-0.2, 0) is 0 Å². The van der Waals surface area contributed by atoms with E-state index in [0.717, 1.165) is 11.2 Å². The number of rotatable bonds is 6. The van der Waals surface area contributed by atoms with E-state index in [1.54, 1.807) is 0 Å². The maximum absolute atomic E-state index is 9.84. The van der Waals surface area contributed by atoms with Crippen molar-refractivity contribution >= 4 is 11.8 Å². The van der Waals surface area contributed by atoms with E-state index in [0.29, 0.717) is 12.6 Å². The first kappa shape index (κ1) is 14.2. The predicted octanol–water partition coefficient (Wildman–Crippen LogP) is 3.34. The Morgan fingerprint density at radius 1 is 1.05 bits per heavy atom. The monoisotopic (exact) mass is 283 g/mol. The molecular weight excluding hydrogens is 254 g/mol. The number of aliphatic hydroxyl groups excluding tert-OH is 1. The van der Waals surface area contributed by atoms with E-state index in [2.05, 4.69) is 17.1 Å². The van der Waals surface area contributed by atoms with Gasteiger partial charge in [-0.2, -0.15) is 11.8 Å². The maximum atomic E-state index is 9.84. The van der Waals surface area contributed by atoms with Crippen LogP contribution in [0.1, 0.15) is 64.2 Å². The van der Waals surface area contributed by atoms with Crippen molar-refractivity contribution in [2.24, 2.45) is 5.92 Å². The highest BCUT2D eigenvalue weighted by Crippen LogP contribution is 2.39. The van der Waals surface area contributed by atoms with Gasteiger partial charge in [0, 0.05) is 16.8 Å². The fraction of sp³-hybridized carbons (Fsp3) is 1.00. The van der Waals surface area contributed by atoms with Gasteiger partial charge >= 0.3 is 0 Å². The molecule has 0 aromatic rings. The summed E-state index contributed by atoms with van der Waals surface area (Å²) in [5.41, 5.74) is 0.0623. The van der Waals surface area contributed by atoms with Gasteiger partial charge in [-0.05, 0) is 56.6 Å². The highest BCUT2D eigenvalue weighted by Gasteiger charge is 2.39. The molecule has 3 saturated carbocycles. The molecule has 0 heterocycles. The second-order valence-corrected chi connectivity index (χ2v) is 8.39. The minimum Gasteiger partial charge on any atom is -0.394 e. The molecule has 0 aliphatic heterocycles. The molecule has 0 spiro atoms. The first-order valence-electron chi connectivity index (χ1n) is 8.30. The Morgan fingerprint density at radius 3 is 2.53 bits per heavy atom. The van der Waals surface area contributed by atoms with Gasteiger partial charge in [0.25, 0.3) is 0 Å². The highest BCUT2D eigenvalue weighted by molar-refractivity contribution is 7.99. The summed E-state index contributed by atoms with van der Waals surface area (Å²) in [4.78, 5) is 0. The Kier molecular flexibility index (Phi) is 4.76. The fourth-order valence-corrected chi connectivity index (χ4v) is 5.53. The summed E-state index contributed by atoms with van der Waals surface area (Å²) in [6.45, 7) is 0.337. The smallest absolute Gasteiger partial charge is 0.0613 e. The van der Waals surface area contributed by atoms with E-state index in [4.69, 9.17) is 0 Å². The molecule has 19 heavy (non-hydrogen) atoms. The van der Waals surface area contributed by atoms with Crippen molar-refractivity contribution in [3.63, 3.8) is 0 Å². The van der Waals surface area contributed by atoms with Crippen molar-refractivity contribution < 1.29 is 5.11 Å². The molecule has 3 rings (SSSR count). The van der Waals surface area contributed by atoms with Crippen LogP contribution in [0.15, 0.2) is 0 Å². The summed E-state index contributed by atoms with van der Waals surface area (Å²) < 4.78 is 0. The minimum atomic E-state index is 0.0623. The molecule has 2 N–H and O–H groups in total. The third-order valence-corrected chi connectivity index (χ3v) is 6.77. The standard InChI is InChI=1S/C16H29NOS/c18-12-16(17-14-7-8-14)9-3-6-15(10-16)19-11-13-4-1-2-5-13/h13-15,17-18H,1-12H2. The van der Waals surface area contributed by atoms with Gasteiger partial charge in [-0.15, -0.1) is 0 Å². The lowest BCUT2D eigenvalue weighted by Gasteiger charge is -2.41. The van der Waals surface area contributed by atoms with E-state index >= 15 is 0 Å². The molecule has 110 valence electrons. The van der Waals surface area contributed by atoms with E-state index in [9.17, 15) is 5.11 Å². The molecule has 2 unspecified atom stereocenters. The summed E-state index contributed by atoms with van der Waals surface area (Å²) in [5, 5.41) is 14.4. The number of hydrogen-bond acceptors (Lipinski definition) is 3. The van der Waals surface area contributed by atoms with E-state index in [1.807, 2.05) is 0 Å². The second-order valence-electron chi connectivity index (χ2n) is 7.06. The summed E-state index contributed by atoms with van der Waals surface area (Å²) in [6.07, 6.45) is 13.5. The number of thioether (sulfide) groups is 1. The molecule has 0 bridgehead atoms. The van der Waals surface area contributed by atoms with Crippen LogP contribution >= 0.6 is 11.8 Å². The van der Waals surface area contributed by atoms with Crippen molar-refractivity contribution in [2.45, 2.75) is 81.0 Å². The van der Waals surface area contributed by atoms with Gasteiger partial charge in [0.2, 0.25) is 0 Å². The van der Waals surface area contributed by atoms with Gasteiger partial charge in [-0.3, -0.25) is 0 Å². The van der Waals surface area contributed by atoms with Crippen molar-refractivity contribution in [1.29, 1.82) is 0 Å². The van der Waals surface area contributed by atoms with Crippen molar-refractivity contribution in [2.75, 3.05) is 12.4 Å². The van der Waals surface area contributed by atoms with E-state index < -0.39 is 0 Å². The highest BCUT2D eigenvalue weighted by atomic mass is 32.2. The van der Waals surface area contributed by atoms with Gasteiger partial charge < -0.3 is 10.4 Å². The number of aliphatic hydroxyl groups is 1. The Balaban J connectivity index is 1.48.